The van der Waals surface area contributed by atoms with Crippen LogP contribution in [0.2, 0.25) is 0 Å². The van der Waals surface area contributed by atoms with Gasteiger partial charge < -0.3 is 9.64 Å². The zero-order valence-corrected chi connectivity index (χ0v) is 14.3. The molecule has 0 spiro atoms. The summed E-state index contributed by atoms with van der Waals surface area (Å²) in [6.07, 6.45) is 6.48. The van der Waals surface area contributed by atoms with Crippen molar-refractivity contribution in [3.05, 3.63) is 42.0 Å². The second-order valence-corrected chi connectivity index (χ2v) is 7.24. The molecule has 0 aromatic heterocycles. The van der Waals surface area contributed by atoms with Crippen LogP contribution in [0.5, 0.6) is 5.75 Å². The third kappa shape index (κ3) is 2.77. The van der Waals surface area contributed by atoms with Gasteiger partial charge in [0.15, 0.2) is 0 Å². The highest BCUT2D eigenvalue weighted by Crippen LogP contribution is 2.37. The Balaban J connectivity index is 1.62. The van der Waals surface area contributed by atoms with Crippen molar-refractivity contribution in [1.29, 1.82) is 0 Å². The van der Waals surface area contributed by atoms with Crippen LogP contribution in [0.1, 0.15) is 42.5 Å². The number of ether oxygens (including phenoxy) is 1. The second-order valence-electron chi connectivity index (χ2n) is 7.24. The summed E-state index contributed by atoms with van der Waals surface area (Å²) in [6, 6.07) is 12.1. The zero-order chi connectivity index (χ0) is 16.5. The lowest BCUT2D eigenvalue weighted by atomic mass is 9.75. The van der Waals surface area contributed by atoms with Crippen molar-refractivity contribution >= 4 is 16.7 Å². The highest BCUT2D eigenvalue weighted by Gasteiger charge is 2.33. The predicted octanol–water partition coefficient (Wildman–Crippen LogP) is 4.50. The fourth-order valence-corrected chi connectivity index (χ4v) is 4.51. The molecule has 2 aliphatic rings. The average molecular weight is 323 g/mol. The van der Waals surface area contributed by atoms with Crippen molar-refractivity contribution < 1.29 is 9.53 Å². The molecule has 2 fully saturated rings. The molecule has 0 radical (unpaired) electrons. The van der Waals surface area contributed by atoms with E-state index in [4.69, 9.17) is 4.74 Å². The standard InChI is InChI=1S/C21H25NO2/c1-24-20-13-17-8-4-3-7-16(17)12-19(20)21(23)22-11-10-15-6-2-5-9-18(15)14-22/h3-4,7-8,12-13,15,18H,2,5-6,9-11,14H2,1H3/t15-,18+/m0/s1. The van der Waals surface area contributed by atoms with E-state index in [0.717, 1.165) is 36.2 Å². The van der Waals surface area contributed by atoms with Crippen LogP contribution < -0.4 is 4.74 Å². The van der Waals surface area contributed by atoms with Crippen molar-refractivity contribution in [2.24, 2.45) is 11.8 Å². The van der Waals surface area contributed by atoms with Crippen LogP contribution in [-0.4, -0.2) is 31.0 Å². The van der Waals surface area contributed by atoms with E-state index >= 15 is 0 Å². The van der Waals surface area contributed by atoms with Gasteiger partial charge in [0.25, 0.3) is 5.91 Å². The van der Waals surface area contributed by atoms with Crippen molar-refractivity contribution in [2.75, 3.05) is 20.2 Å². The van der Waals surface area contributed by atoms with Crippen LogP contribution in [0.15, 0.2) is 36.4 Å². The first-order valence-electron chi connectivity index (χ1n) is 9.12. The number of rotatable bonds is 2. The quantitative estimate of drug-likeness (QED) is 0.814. The van der Waals surface area contributed by atoms with Crippen molar-refractivity contribution in [1.82, 2.24) is 4.90 Å². The maximum absolute atomic E-state index is 13.1. The SMILES string of the molecule is COc1cc2ccccc2cc1C(=O)N1CC[C@@H]2CCCC[C@@H]2C1. The molecule has 4 rings (SSSR count). The Hall–Kier alpha value is -2.03. The van der Waals surface area contributed by atoms with Gasteiger partial charge in [0.1, 0.15) is 5.75 Å². The van der Waals surface area contributed by atoms with Crippen LogP contribution >= 0.6 is 0 Å². The predicted molar refractivity (Wildman–Crippen MR) is 96.5 cm³/mol. The largest absolute Gasteiger partial charge is 0.496 e. The molecular weight excluding hydrogens is 298 g/mol. The number of hydrogen-bond acceptors (Lipinski definition) is 2. The summed E-state index contributed by atoms with van der Waals surface area (Å²) >= 11 is 0. The molecule has 24 heavy (non-hydrogen) atoms. The molecule has 126 valence electrons. The molecule has 1 saturated heterocycles. The summed E-state index contributed by atoms with van der Waals surface area (Å²) in [5, 5.41) is 2.20. The van der Waals surface area contributed by atoms with Crippen LogP contribution in [0.4, 0.5) is 0 Å². The molecule has 1 amide bonds. The van der Waals surface area contributed by atoms with E-state index < -0.39 is 0 Å². The number of nitrogens with zero attached hydrogens (tertiary/aromatic N) is 1. The zero-order valence-electron chi connectivity index (χ0n) is 14.3. The molecule has 0 bridgehead atoms. The molecule has 2 aromatic rings. The van der Waals surface area contributed by atoms with Crippen LogP contribution in [0.25, 0.3) is 10.8 Å². The smallest absolute Gasteiger partial charge is 0.257 e. The topological polar surface area (TPSA) is 29.5 Å². The maximum Gasteiger partial charge on any atom is 0.257 e. The highest BCUT2D eigenvalue weighted by atomic mass is 16.5. The van der Waals surface area contributed by atoms with Gasteiger partial charge >= 0.3 is 0 Å². The van der Waals surface area contributed by atoms with E-state index in [-0.39, 0.29) is 5.91 Å². The van der Waals surface area contributed by atoms with Crippen molar-refractivity contribution in [3.8, 4) is 5.75 Å². The lowest BCUT2D eigenvalue weighted by Gasteiger charge is -2.41. The summed E-state index contributed by atoms with van der Waals surface area (Å²) in [7, 11) is 1.65. The van der Waals surface area contributed by atoms with Crippen molar-refractivity contribution in [2.45, 2.75) is 32.1 Å². The molecule has 0 N–H and O–H groups in total. The number of methoxy groups -OCH3 is 1. The van der Waals surface area contributed by atoms with Gasteiger partial charge in [-0.1, -0.05) is 43.5 Å². The van der Waals surface area contributed by atoms with E-state index in [9.17, 15) is 4.79 Å². The van der Waals surface area contributed by atoms with E-state index in [1.165, 1.54) is 25.7 Å². The third-order valence-electron chi connectivity index (χ3n) is 5.88. The normalized spacial score (nSPS) is 23.8. The van der Waals surface area contributed by atoms with Gasteiger partial charge in [-0.3, -0.25) is 4.79 Å². The minimum Gasteiger partial charge on any atom is -0.496 e. The second kappa shape index (κ2) is 6.46. The Bertz CT molecular complexity index is 755. The lowest BCUT2D eigenvalue weighted by Crippen LogP contribution is -2.44. The summed E-state index contributed by atoms with van der Waals surface area (Å²) in [4.78, 5) is 15.2. The number of amides is 1. The van der Waals surface area contributed by atoms with Gasteiger partial charge in [-0.2, -0.15) is 0 Å². The van der Waals surface area contributed by atoms with Crippen molar-refractivity contribution in [3.63, 3.8) is 0 Å². The summed E-state index contributed by atoms with van der Waals surface area (Å²) in [6.45, 7) is 1.80. The summed E-state index contributed by atoms with van der Waals surface area (Å²) in [5.41, 5.74) is 0.699. The fourth-order valence-electron chi connectivity index (χ4n) is 4.51. The van der Waals surface area contributed by atoms with Crippen LogP contribution in [0.3, 0.4) is 0 Å². The number of hydrogen-bond donors (Lipinski definition) is 0. The first-order valence-corrected chi connectivity index (χ1v) is 9.12. The van der Waals surface area contributed by atoms with E-state index in [0.29, 0.717) is 17.2 Å². The molecular formula is C21H25NO2. The minimum absolute atomic E-state index is 0.127. The maximum atomic E-state index is 13.1. The number of carbonyl (C=O) groups is 1. The summed E-state index contributed by atoms with van der Waals surface area (Å²) < 4.78 is 5.52. The van der Waals surface area contributed by atoms with Gasteiger partial charge in [0.05, 0.1) is 12.7 Å². The molecule has 1 saturated carbocycles. The Kier molecular flexibility index (Phi) is 4.17. The molecule has 3 heteroatoms. The molecule has 1 aliphatic carbocycles. The van der Waals surface area contributed by atoms with Gasteiger partial charge in [-0.25, -0.2) is 0 Å². The highest BCUT2D eigenvalue weighted by molar-refractivity contribution is 6.01. The molecule has 1 aliphatic heterocycles. The van der Waals surface area contributed by atoms with Crippen LogP contribution in [-0.2, 0) is 0 Å². The number of fused-ring (bicyclic) bond motifs is 2. The third-order valence-corrected chi connectivity index (χ3v) is 5.88. The van der Waals surface area contributed by atoms with E-state index in [1.54, 1.807) is 7.11 Å². The monoisotopic (exact) mass is 323 g/mol. The first kappa shape index (κ1) is 15.5. The summed E-state index contributed by atoms with van der Waals surface area (Å²) in [5.74, 6) is 2.34. The number of benzene rings is 2. The van der Waals surface area contributed by atoms with Crippen LogP contribution in [0, 0.1) is 11.8 Å². The van der Waals surface area contributed by atoms with Gasteiger partial charge in [-0.15, -0.1) is 0 Å². The molecule has 3 nitrogen and oxygen atoms in total. The lowest BCUT2D eigenvalue weighted by molar-refractivity contribution is 0.0518. The molecule has 0 unspecified atom stereocenters. The molecule has 2 atom stereocenters. The van der Waals surface area contributed by atoms with E-state index in [2.05, 4.69) is 17.0 Å². The fraction of sp³-hybridized carbons (Fsp3) is 0.476. The van der Waals surface area contributed by atoms with E-state index in [1.807, 2.05) is 24.3 Å². The first-order chi connectivity index (χ1) is 11.8. The average Bonchev–Trinajstić information content (AvgIpc) is 2.66. The molecule has 2 aromatic carbocycles. The number of carbonyl (C=O) groups excluding carboxylic acids is 1. The van der Waals surface area contributed by atoms with Gasteiger partial charge in [-0.05, 0) is 47.6 Å². The Morgan fingerprint density at radius 1 is 1.04 bits per heavy atom. The Morgan fingerprint density at radius 3 is 2.50 bits per heavy atom. The van der Waals surface area contributed by atoms with Gasteiger partial charge in [0.2, 0.25) is 0 Å². The molecule has 1 heterocycles. The van der Waals surface area contributed by atoms with Gasteiger partial charge in [0, 0.05) is 13.1 Å². The number of likely N-dealkylation sites (tertiary alicyclic amines) is 1. The minimum atomic E-state index is 0.127. The Labute approximate surface area is 143 Å². The Morgan fingerprint density at radius 2 is 1.75 bits per heavy atom. The number of piperidine rings is 1.